The van der Waals surface area contributed by atoms with E-state index in [9.17, 15) is 9.59 Å². The van der Waals surface area contributed by atoms with Crippen LogP contribution >= 0.6 is 0 Å². The van der Waals surface area contributed by atoms with Gasteiger partial charge in [0.2, 0.25) is 0 Å². The lowest BCUT2D eigenvalue weighted by Gasteiger charge is -2.27. The third-order valence-electron chi connectivity index (χ3n) is 6.48. The van der Waals surface area contributed by atoms with E-state index in [1.807, 2.05) is 48.5 Å². The molecule has 6 nitrogen and oxygen atoms in total. The maximum atomic E-state index is 13.3. The number of amides is 1. The molecule has 1 aliphatic rings. The maximum Gasteiger partial charge on any atom is 0.255 e. The molecule has 0 radical (unpaired) electrons. The van der Waals surface area contributed by atoms with Gasteiger partial charge in [0, 0.05) is 37.3 Å². The van der Waals surface area contributed by atoms with Gasteiger partial charge in [-0.15, -0.1) is 0 Å². The normalized spacial score (nSPS) is 14.2. The van der Waals surface area contributed by atoms with E-state index in [2.05, 4.69) is 16.3 Å². The van der Waals surface area contributed by atoms with Crippen molar-refractivity contribution in [3.63, 3.8) is 0 Å². The number of nitrogens with zero attached hydrogens (tertiary/aromatic N) is 1. The first-order chi connectivity index (χ1) is 17.1. The van der Waals surface area contributed by atoms with Crippen LogP contribution in [0.3, 0.4) is 0 Å². The van der Waals surface area contributed by atoms with Crippen molar-refractivity contribution in [3.05, 3.63) is 105 Å². The number of carbonyl (C=O) groups is 1. The number of hydrogen-bond donors (Lipinski definition) is 1. The first-order valence-corrected chi connectivity index (χ1v) is 11.9. The van der Waals surface area contributed by atoms with Crippen LogP contribution in [0.15, 0.2) is 82.0 Å². The third kappa shape index (κ3) is 4.90. The second-order valence-corrected chi connectivity index (χ2v) is 8.77. The number of hydrogen-bond acceptors (Lipinski definition) is 5. The summed E-state index contributed by atoms with van der Waals surface area (Å²) < 4.78 is 11.7. The summed E-state index contributed by atoms with van der Waals surface area (Å²) in [5.74, 6) is 0.210. The van der Waals surface area contributed by atoms with Crippen LogP contribution in [0.1, 0.15) is 27.0 Å². The second-order valence-electron chi connectivity index (χ2n) is 8.77. The molecule has 1 N–H and O–H groups in total. The SMILES string of the molecule is Cc1c(-c2ccccc2)oc2c(C(=O)NCc3ccccc3CN3CCOCC3)cccc2c1=O. The van der Waals surface area contributed by atoms with Gasteiger partial charge in [-0.05, 0) is 30.2 Å². The minimum absolute atomic E-state index is 0.129. The molecule has 0 saturated carbocycles. The molecular weight excluding hydrogens is 440 g/mol. The first kappa shape index (κ1) is 23.0. The maximum absolute atomic E-state index is 13.3. The summed E-state index contributed by atoms with van der Waals surface area (Å²) in [5.41, 5.74) is 4.10. The quantitative estimate of drug-likeness (QED) is 0.450. The van der Waals surface area contributed by atoms with Gasteiger partial charge in [-0.2, -0.15) is 0 Å². The average molecular weight is 469 g/mol. The molecule has 1 saturated heterocycles. The van der Waals surface area contributed by atoms with Gasteiger partial charge < -0.3 is 14.5 Å². The molecule has 3 aromatic carbocycles. The van der Waals surface area contributed by atoms with E-state index in [4.69, 9.17) is 9.15 Å². The van der Waals surface area contributed by atoms with Crippen molar-refractivity contribution in [3.8, 4) is 11.3 Å². The Labute approximate surface area is 204 Å². The van der Waals surface area contributed by atoms with Crippen molar-refractivity contribution in [1.82, 2.24) is 10.2 Å². The van der Waals surface area contributed by atoms with Crippen LogP contribution in [0.5, 0.6) is 0 Å². The zero-order valence-corrected chi connectivity index (χ0v) is 19.8. The van der Waals surface area contributed by atoms with Crippen molar-refractivity contribution < 1.29 is 13.9 Å². The fraction of sp³-hybridized carbons (Fsp3) is 0.241. The summed E-state index contributed by atoms with van der Waals surface area (Å²) in [4.78, 5) is 28.7. The summed E-state index contributed by atoms with van der Waals surface area (Å²) in [7, 11) is 0. The highest BCUT2D eigenvalue weighted by atomic mass is 16.5. The predicted molar refractivity (Wildman–Crippen MR) is 136 cm³/mol. The van der Waals surface area contributed by atoms with Gasteiger partial charge in [0.15, 0.2) is 11.0 Å². The van der Waals surface area contributed by atoms with Gasteiger partial charge in [-0.25, -0.2) is 0 Å². The van der Waals surface area contributed by atoms with Crippen molar-refractivity contribution in [2.24, 2.45) is 0 Å². The molecule has 1 fully saturated rings. The lowest BCUT2D eigenvalue weighted by atomic mass is 10.0. The van der Waals surface area contributed by atoms with Crippen LogP contribution in [0, 0.1) is 6.92 Å². The third-order valence-corrected chi connectivity index (χ3v) is 6.48. The van der Waals surface area contributed by atoms with Gasteiger partial charge in [-0.3, -0.25) is 14.5 Å². The topological polar surface area (TPSA) is 71.8 Å². The Bertz CT molecular complexity index is 1410. The molecule has 0 bridgehead atoms. The van der Waals surface area contributed by atoms with E-state index in [1.54, 1.807) is 25.1 Å². The molecular formula is C29H28N2O4. The lowest BCUT2D eigenvalue weighted by Crippen LogP contribution is -2.36. The molecule has 1 amide bonds. The highest BCUT2D eigenvalue weighted by molar-refractivity contribution is 6.05. The molecule has 1 aliphatic heterocycles. The Balaban J connectivity index is 1.42. The molecule has 5 rings (SSSR count). The van der Waals surface area contributed by atoms with Crippen LogP contribution in [0.2, 0.25) is 0 Å². The van der Waals surface area contributed by atoms with Crippen molar-refractivity contribution in [1.29, 1.82) is 0 Å². The van der Waals surface area contributed by atoms with Gasteiger partial charge in [0.25, 0.3) is 5.91 Å². The fourth-order valence-electron chi connectivity index (χ4n) is 4.51. The number of rotatable bonds is 6. The lowest BCUT2D eigenvalue weighted by molar-refractivity contribution is 0.0340. The molecule has 1 aromatic heterocycles. The van der Waals surface area contributed by atoms with E-state index in [1.165, 1.54) is 5.56 Å². The number of benzene rings is 3. The summed E-state index contributed by atoms with van der Waals surface area (Å²) in [6.45, 7) is 6.25. The Morgan fingerprint density at radius 1 is 0.914 bits per heavy atom. The highest BCUT2D eigenvalue weighted by Crippen LogP contribution is 2.27. The minimum Gasteiger partial charge on any atom is -0.455 e. The molecule has 0 atom stereocenters. The monoisotopic (exact) mass is 468 g/mol. The van der Waals surface area contributed by atoms with Crippen molar-refractivity contribution >= 4 is 16.9 Å². The Kier molecular flexibility index (Phi) is 6.75. The zero-order valence-electron chi connectivity index (χ0n) is 19.8. The average Bonchev–Trinajstić information content (AvgIpc) is 2.91. The number of para-hydroxylation sites is 1. The van der Waals surface area contributed by atoms with Gasteiger partial charge >= 0.3 is 0 Å². The molecule has 0 spiro atoms. The number of morpholine rings is 1. The Hall–Kier alpha value is -3.74. The van der Waals surface area contributed by atoms with Gasteiger partial charge in [0.1, 0.15) is 5.76 Å². The van der Waals surface area contributed by atoms with Crippen molar-refractivity contribution in [2.75, 3.05) is 26.3 Å². The fourth-order valence-corrected chi connectivity index (χ4v) is 4.51. The van der Waals surface area contributed by atoms with Gasteiger partial charge in [0.05, 0.1) is 24.2 Å². The summed E-state index contributed by atoms with van der Waals surface area (Å²) >= 11 is 0. The van der Waals surface area contributed by atoms with E-state index in [0.717, 1.165) is 44.0 Å². The smallest absolute Gasteiger partial charge is 0.255 e. The Morgan fingerprint density at radius 2 is 1.63 bits per heavy atom. The molecule has 6 heteroatoms. The zero-order chi connectivity index (χ0) is 24.2. The van der Waals surface area contributed by atoms with Crippen LogP contribution in [-0.4, -0.2) is 37.1 Å². The van der Waals surface area contributed by atoms with E-state index in [-0.39, 0.29) is 11.3 Å². The van der Waals surface area contributed by atoms with Crippen LogP contribution in [0.4, 0.5) is 0 Å². The molecule has 2 heterocycles. The summed E-state index contributed by atoms with van der Waals surface area (Å²) in [6, 6.07) is 22.8. The van der Waals surface area contributed by atoms with E-state index in [0.29, 0.717) is 34.4 Å². The van der Waals surface area contributed by atoms with Crippen LogP contribution < -0.4 is 10.7 Å². The number of nitrogens with one attached hydrogen (secondary N) is 1. The van der Waals surface area contributed by atoms with E-state index < -0.39 is 0 Å². The summed E-state index contributed by atoms with van der Waals surface area (Å²) in [5, 5.41) is 3.44. The van der Waals surface area contributed by atoms with Crippen molar-refractivity contribution in [2.45, 2.75) is 20.0 Å². The van der Waals surface area contributed by atoms with Crippen LogP contribution in [-0.2, 0) is 17.8 Å². The first-order valence-electron chi connectivity index (χ1n) is 11.9. The predicted octanol–water partition coefficient (Wildman–Crippen LogP) is 4.53. The summed E-state index contributed by atoms with van der Waals surface area (Å²) in [6.07, 6.45) is 0. The van der Waals surface area contributed by atoms with E-state index >= 15 is 0 Å². The highest BCUT2D eigenvalue weighted by Gasteiger charge is 2.19. The Morgan fingerprint density at radius 3 is 2.40 bits per heavy atom. The molecule has 0 unspecified atom stereocenters. The second kappa shape index (κ2) is 10.3. The molecule has 0 aliphatic carbocycles. The molecule has 35 heavy (non-hydrogen) atoms. The standard InChI is InChI=1S/C29H28N2O4/c1-20-26(32)24-12-7-13-25(28(24)35-27(20)21-8-3-2-4-9-21)29(33)30-18-22-10-5-6-11-23(22)19-31-14-16-34-17-15-31/h2-13H,14-19H2,1H3,(H,30,33). The molecule has 178 valence electrons. The minimum atomic E-state index is -0.275. The number of ether oxygens (including phenoxy) is 1. The van der Waals surface area contributed by atoms with Gasteiger partial charge in [-0.1, -0.05) is 60.7 Å². The number of carbonyl (C=O) groups excluding carboxylic acids is 1. The van der Waals surface area contributed by atoms with Crippen LogP contribution in [0.25, 0.3) is 22.3 Å². The largest absolute Gasteiger partial charge is 0.455 e. The number of fused-ring (bicyclic) bond motifs is 1. The molecule has 4 aromatic rings.